The lowest BCUT2D eigenvalue weighted by molar-refractivity contribution is -0.142. The van der Waals surface area contributed by atoms with Crippen LogP contribution in [0.2, 0.25) is 0 Å². The summed E-state index contributed by atoms with van der Waals surface area (Å²) in [6.07, 6.45) is 2.90. The first-order chi connectivity index (χ1) is 9.06. The second kappa shape index (κ2) is 6.20. The fourth-order valence-electron chi connectivity index (χ4n) is 3.05. The fraction of sp³-hybridized carbons (Fsp3) is 0.929. The molecule has 0 aromatic carbocycles. The van der Waals surface area contributed by atoms with Crippen LogP contribution in [0.25, 0.3) is 0 Å². The molecule has 0 radical (unpaired) electrons. The van der Waals surface area contributed by atoms with Crippen LogP contribution in [0.15, 0.2) is 0 Å². The first-order valence-corrected chi connectivity index (χ1v) is 7.22. The number of likely N-dealkylation sites (N-methyl/N-ethyl adjacent to an activating group) is 1. The summed E-state index contributed by atoms with van der Waals surface area (Å²) < 4.78 is 10.8. The average molecular weight is 271 g/mol. The maximum Gasteiger partial charge on any atom is 0.228 e. The molecule has 2 fully saturated rings. The molecule has 5 nitrogen and oxygen atoms in total. The number of amides is 1. The van der Waals surface area contributed by atoms with E-state index in [0.717, 1.165) is 12.8 Å². The highest BCUT2D eigenvalue weighted by Crippen LogP contribution is 2.27. The van der Waals surface area contributed by atoms with E-state index in [2.05, 4.69) is 0 Å². The zero-order valence-electron chi connectivity index (χ0n) is 11.9. The summed E-state index contributed by atoms with van der Waals surface area (Å²) >= 11 is 0. The molecule has 1 amide bonds. The smallest absolute Gasteiger partial charge is 0.228 e. The van der Waals surface area contributed by atoms with Crippen LogP contribution < -0.4 is 0 Å². The van der Waals surface area contributed by atoms with E-state index in [4.69, 9.17) is 9.47 Å². The Balaban J connectivity index is 1.91. The predicted molar refractivity (Wildman–Crippen MR) is 70.8 cm³/mol. The van der Waals surface area contributed by atoms with Crippen molar-refractivity contribution in [3.63, 3.8) is 0 Å². The number of rotatable bonds is 4. The van der Waals surface area contributed by atoms with E-state index in [-0.39, 0.29) is 17.9 Å². The monoisotopic (exact) mass is 271 g/mol. The first-order valence-electron chi connectivity index (χ1n) is 7.22. The molecule has 2 aliphatic rings. The maximum absolute atomic E-state index is 12.4. The van der Waals surface area contributed by atoms with E-state index in [1.165, 1.54) is 0 Å². The third-order valence-corrected chi connectivity index (χ3v) is 4.26. The second-order valence-electron chi connectivity index (χ2n) is 5.74. The molecule has 0 aromatic heterocycles. The van der Waals surface area contributed by atoms with Crippen LogP contribution in [-0.2, 0) is 14.3 Å². The number of hydrogen-bond donors (Lipinski definition) is 1. The lowest BCUT2D eigenvalue weighted by Crippen LogP contribution is -2.49. The largest absolute Gasteiger partial charge is 0.388 e. The van der Waals surface area contributed by atoms with Crippen LogP contribution in [0.5, 0.6) is 0 Å². The Bertz CT molecular complexity index is 315. The summed E-state index contributed by atoms with van der Waals surface area (Å²) in [6, 6.07) is 0. The molecule has 0 saturated carbocycles. The quantitative estimate of drug-likeness (QED) is 0.822. The van der Waals surface area contributed by atoms with Crippen molar-refractivity contribution in [3.8, 4) is 0 Å². The number of nitrogens with zero attached hydrogens (tertiary/aromatic N) is 1. The van der Waals surface area contributed by atoms with Crippen molar-refractivity contribution in [2.75, 3.05) is 33.4 Å². The molecule has 0 spiro atoms. The van der Waals surface area contributed by atoms with E-state index in [1.807, 2.05) is 6.92 Å². The molecule has 2 aliphatic heterocycles. The summed E-state index contributed by atoms with van der Waals surface area (Å²) in [5.41, 5.74) is -0.788. The van der Waals surface area contributed by atoms with Gasteiger partial charge in [0.15, 0.2) is 0 Å². The van der Waals surface area contributed by atoms with Gasteiger partial charge in [0.25, 0.3) is 0 Å². The molecule has 1 N–H and O–H groups in total. The number of aliphatic hydroxyl groups is 1. The van der Waals surface area contributed by atoms with Crippen molar-refractivity contribution in [3.05, 3.63) is 0 Å². The van der Waals surface area contributed by atoms with Gasteiger partial charge < -0.3 is 19.5 Å². The number of ether oxygens (including phenoxy) is 2. The van der Waals surface area contributed by atoms with Crippen molar-refractivity contribution in [2.24, 2.45) is 5.92 Å². The molecule has 2 saturated heterocycles. The van der Waals surface area contributed by atoms with Crippen LogP contribution in [0.1, 0.15) is 32.6 Å². The van der Waals surface area contributed by atoms with Gasteiger partial charge >= 0.3 is 0 Å². The Labute approximate surface area is 114 Å². The molecule has 0 aliphatic carbocycles. The lowest BCUT2D eigenvalue weighted by Gasteiger charge is -2.36. The summed E-state index contributed by atoms with van der Waals surface area (Å²) in [7, 11) is 1.78. The molecule has 5 heteroatoms. The highest BCUT2D eigenvalue weighted by Gasteiger charge is 2.38. The van der Waals surface area contributed by atoms with E-state index in [0.29, 0.717) is 39.2 Å². The molecule has 19 heavy (non-hydrogen) atoms. The number of carbonyl (C=O) groups excluding carboxylic acids is 1. The molecule has 110 valence electrons. The Hall–Kier alpha value is -0.650. The summed E-state index contributed by atoms with van der Waals surface area (Å²) in [6.45, 7) is 4.25. The van der Waals surface area contributed by atoms with E-state index < -0.39 is 5.60 Å². The second-order valence-corrected chi connectivity index (χ2v) is 5.74. The van der Waals surface area contributed by atoms with Gasteiger partial charge in [-0.1, -0.05) is 6.92 Å². The van der Waals surface area contributed by atoms with Crippen molar-refractivity contribution in [2.45, 2.75) is 44.3 Å². The van der Waals surface area contributed by atoms with Gasteiger partial charge in [0, 0.05) is 46.3 Å². The van der Waals surface area contributed by atoms with E-state index >= 15 is 0 Å². The molecule has 2 rings (SSSR count). The third-order valence-electron chi connectivity index (χ3n) is 4.26. The Morgan fingerprint density at radius 2 is 2.05 bits per heavy atom. The molecule has 0 bridgehead atoms. The normalized spacial score (nSPS) is 30.3. The summed E-state index contributed by atoms with van der Waals surface area (Å²) in [5.74, 6) is 0.0581. The van der Waals surface area contributed by atoms with Crippen molar-refractivity contribution < 1.29 is 19.4 Å². The average Bonchev–Trinajstić information content (AvgIpc) is 2.86. The van der Waals surface area contributed by atoms with Gasteiger partial charge in [-0.15, -0.1) is 0 Å². The van der Waals surface area contributed by atoms with Crippen molar-refractivity contribution >= 4 is 5.91 Å². The van der Waals surface area contributed by atoms with E-state index in [1.54, 1.807) is 11.9 Å². The van der Waals surface area contributed by atoms with Gasteiger partial charge in [0.1, 0.15) is 0 Å². The maximum atomic E-state index is 12.4. The molecule has 0 aromatic rings. The molecule has 2 unspecified atom stereocenters. The van der Waals surface area contributed by atoms with Crippen LogP contribution in [0.4, 0.5) is 0 Å². The SMILES string of the molecule is CCC1OCCC1C(=O)N(C)CC1(O)CCOCC1. The van der Waals surface area contributed by atoms with Gasteiger partial charge in [-0.25, -0.2) is 0 Å². The van der Waals surface area contributed by atoms with Gasteiger partial charge in [-0.2, -0.15) is 0 Å². The molecule has 2 atom stereocenters. The summed E-state index contributed by atoms with van der Waals surface area (Å²) in [4.78, 5) is 14.1. The minimum atomic E-state index is -0.788. The zero-order valence-corrected chi connectivity index (χ0v) is 11.9. The van der Waals surface area contributed by atoms with Crippen LogP contribution >= 0.6 is 0 Å². The molecule has 2 heterocycles. The highest BCUT2D eigenvalue weighted by atomic mass is 16.5. The van der Waals surface area contributed by atoms with Gasteiger partial charge in [0.2, 0.25) is 5.91 Å². The predicted octanol–water partition coefficient (Wildman–Crippen LogP) is 0.801. The van der Waals surface area contributed by atoms with Crippen LogP contribution in [0.3, 0.4) is 0 Å². The standard InChI is InChI=1S/C14H25NO4/c1-3-12-11(4-7-19-12)13(16)15(2)10-14(17)5-8-18-9-6-14/h11-12,17H,3-10H2,1-2H3. The van der Waals surface area contributed by atoms with Gasteiger partial charge in [-0.3, -0.25) is 4.79 Å². The highest BCUT2D eigenvalue weighted by molar-refractivity contribution is 5.79. The number of hydrogen-bond acceptors (Lipinski definition) is 4. The minimum Gasteiger partial charge on any atom is -0.388 e. The van der Waals surface area contributed by atoms with Gasteiger partial charge in [-0.05, 0) is 12.8 Å². The van der Waals surface area contributed by atoms with Gasteiger partial charge in [0.05, 0.1) is 17.6 Å². The summed E-state index contributed by atoms with van der Waals surface area (Å²) in [5, 5.41) is 10.5. The number of carbonyl (C=O) groups is 1. The molecular formula is C14H25NO4. The Morgan fingerprint density at radius 1 is 1.37 bits per heavy atom. The van der Waals surface area contributed by atoms with E-state index in [9.17, 15) is 9.90 Å². The lowest BCUT2D eigenvalue weighted by atomic mass is 9.92. The van der Waals surface area contributed by atoms with Crippen LogP contribution in [0, 0.1) is 5.92 Å². The van der Waals surface area contributed by atoms with Crippen LogP contribution in [-0.4, -0.2) is 61.0 Å². The minimum absolute atomic E-state index is 0.0410. The van der Waals surface area contributed by atoms with Crippen molar-refractivity contribution in [1.82, 2.24) is 4.90 Å². The fourth-order valence-corrected chi connectivity index (χ4v) is 3.05. The zero-order chi connectivity index (χ0) is 13.9. The third kappa shape index (κ3) is 3.46. The first kappa shape index (κ1) is 14.8. The molecular weight excluding hydrogens is 246 g/mol. The Kier molecular flexibility index (Phi) is 4.81. The Morgan fingerprint density at radius 3 is 2.68 bits per heavy atom. The van der Waals surface area contributed by atoms with Crippen molar-refractivity contribution in [1.29, 1.82) is 0 Å². The topological polar surface area (TPSA) is 59.0 Å².